The average Bonchev–Trinajstić information content (AvgIpc) is 2.35. The van der Waals surface area contributed by atoms with Gasteiger partial charge < -0.3 is 10.4 Å². The number of aromatic hydroxyl groups is 1. The van der Waals surface area contributed by atoms with Crippen LogP contribution >= 0.6 is 11.6 Å². The molecule has 0 bridgehead atoms. The summed E-state index contributed by atoms with van der Waals surface area (Å²) in [7, 11) is 0. The minimum absolute atomic E-state index is 0.000693. The second kappa shape index (κ2) is 5.61. The number of benzene rings is 1. The molecule has 1 aliphatic rings. The van der Waals surface area contributed by atoms with Gasteiger partial charge in [-0.05, 0) is 37.0 Å². The highest BCUT2D eigenvalue weighted by molar-refractivity contribution is 6.32. The number of hydrogen-bond donors (Lipinski definition) is 2. The number of carbonyl (C=O) groups excluding carboxylic acids is 1. The van der Waals surface area contributed by atoms with Crippen molar-refractivity contribution in [2.24, 2.45) is 5.92 Å². The largest absolute Gasteiger partial charge is 0.506 e. The van der Waals surface area contributed by atoms with Gasteiger partial charge in [0.15, 0.2) is 0 Å². The summed E-state index contributed by atoms with van der Waals surface area (Å²) < 4.78 is 0. The van der Waals surface area contributed by atoms with Crippen LogP contribution in [0.15, 0.2) is 18.2 Å². The average molecular weight is 268 g/mol. The van der Waals surface area contributed by atoms with Crippen molar-refractivity contribution in [2.45, 2.75) is 38.6 Å². The highest BCUT2D eigenvalue weighted by Crippen LogP contribution is 2.26. The summed E-state index contributed by atoms with van der Waals surface area (Å²) in [6.07, 6.45) is 4.63. The zero-order valence-corrected chi connectivity index (χ0v) is 11.2. The molecule has 2 unspecified atom stereocenters. The van der Waals surface area contributed by atoms with Crippen molar-refractivity contribution < 1.29 is 9.90 Å². The van der Waals surface area contributed by atoms with Crippen LogP contribution in [-0.4, -0.2) is 17.1 Å². The Morgan fingerprint density at radius 2 is 2.11 bits per heavy atom. The van der Waals surface area contributed by atoms with E-state index in [9.17, 15) is 9.90 Å². The van der Waals surface area contributed by atoms with E-state index in [1.54, 1.807) is 6.07 Å². The fourth-order valence-electron chi connectivity index (χ4n) is 2.43. The first-order valence-corrected chi connectivity index (χ1v) is 6.75. The molecule has 0 saturated heterocycles. The molecule has 1 aromatic rings. The summed E-state index contributed by atoms with van der Waals surface area (Å²) in [4.78, 5) is 12.1. The molecule has 1 saturated carbocycles. The van der Waals surface area contributed by atoms with Crippen molar-refractivity contribution in [3.8, 4) is 5.75 Å². The van der Waals surface area contributed by atoms with E-state index in [-0.39, 0.29) is 22.7 Å². The highest BCUT2D eigenvalue weighted by atomic mass is 35.5. The molecular formula is C14H18ClNO2. The predicted molar refractivity (Wildman–Crippen MR) is 72.0 cm³/mol. The van der Waals surface area contributed by atoms with Crippen LogP contribution in [0.2, 0.25) is 5.02 Å². The molecule has 0 spiro atoms. The SMILES string of the molecule is CC1CCCCC1NC(=O)c1ccc(O)c(Cl)c1. The summed E-state index contributed by atoms with van der Waals surface area (Å²) in [6, 6.07) is 4.78. The number of hydrogen-bond acceptors (Lipinski definition) is 2. The lowest BCUT2D eigenvalue weighted by atomic mass is 9.86. The lowest BCUT2D eigenvalue weighted by Crippen LogP contribution is -2.41. The van der Waals surface area contributed by atoms with Gasteiger partial charge in [0.1, 0.15) is 5.75 Å². The number of carbonyl (C=O) groups is 1. The van der Waals surface area contributed by atoms with Crippen LogP contribution in [0, 0.1) is 5.92 Å². The molecule has 4 heteroatoms. The van der Waals surface area contributed by atoms with Gasteiger partial charge in [0.05, 0.1) is 5.02 Å². The number of nitrogens with one attached hydrogen (secondary N) is 1. The quantitative estimate of drug-likeness (QED) is 0.863. The second-order valence-electron chi connectivity index (χ2n) is 5.01. The van der Waals surface area contributed by atoms with Crippen LogP contribution in [0.4, 0.5) is 0 Å². The first kappa shape index (κ1) is 13.2. The van der Waals surface area contributed by atoms with Gasteiger partial charge in [0.25, 0.3) is 5.91 Å². The summed E-state index contributed by atoms with van der Waals surface area (Å²) >= 11 is 5.80. The standard InChI is InChI=1S/C14H18ClNO2/c1-9-4-2-3-5-12(9)16-14(18)10-6-7-13(17)11(15)8-10/h6-9,12,17H,2-5H2,1H3,(H,16,18). The maximum atomic E-state index is 12.1. The van der Waals surface area contributed by atoms with E-state index in [1.165, 1.54) is 31.4 Å². The zero-order chi connectivity index (χ0) is 13.1. The summed E-state index contributed by atoms with van der Waals surface area (Å²) in [5, 5.41) is 12.6. The molecule has 18 heavy (non-hydrogen) atoms. The predicted octanol–water partition coefficient (Wildman–Crippen LogP) is 3.35. The molecule has 1 aliphatic carbocycles. The Morgan fingerprint density at radius 3 is 2.78 bits per heavy atom. The smallest absolute Gasteiger partial charge is 0.251 e. The Bertz CT molecular complexity index is 447. The van der Waals surface area contributed by atoms with E-state index in [0.29, 0.717) is 11.5 Å². The lowest BCUT2D eigenvalue weighted by Gasteiger charge is -2.29. The van der Waals surface area contributed by atoms with Crippen LogP contribution in [0.3, 0.4) is 0 Å². The van der Waals surface area contributed by atoms with Crippen LogP contribution in [0.25, 0.3) is 0 Å². The Kier molecular flexibility index (Phi) is 4.12. The molecule has 1 fully saturated rings. The third kappa shape index (κ3) is 2.96. The molecule has 0 aliphatic heterocycles. The first-order chi connectivity index (χ1) is 8.58. The van der Waals surface area contributed by atoms with E-state index < -0.39 is 0 Å². The van der Waals surface area contributed by atoms with Gasteiger partial charge in [-0.1, -0.05) is 31.4 Å². The zero-order valence-electron chi connectivity index (χ0n) is 10.4. The molecule has 1 amide bonds. The van der Waals surface area contributed by atoms with Gasteiger partial charge in [0.2, 0.25) is 0 Å². The fourth-order valence-corrected chi connectivity index (χ4v) is 2.61. The van der Waals surface area contributed by atoms with Gasteiger partial charge >= 0.3 is 0 Å². The Hall–Kier alpha value is -1.22. The number of rotatable bonds is 2. The number of phenols is 1. The van der Waals surface area contributed by atoms with Crippen molar-refractivity contribution in [3.05, 3.63) is 28.8 Å². The molecular weight excluding hydrogens is 250 g/mol. The molecule has 1 aromatic carbocycles. The lowest BCUT2D eigenvalue weighted by molar-refractivity contribution is 0.0910. The Labute approximate surface area is 112 Å². The molecule has 3 nitrogen and oxygen atoms in total. The third-order valence-corrected chi connectivity index (χ3v) is 3.94. The van der Waals surface area contributed by atoms with E-state index in [4.69, 9.17) is 11.6 Å². The van der Waals surface area contributed by atoms with Gasteiger partial charge in [-0.25, -0.2) is 0 Å². The minimum atomic E-state index is -0.115. The number of halogens is 1. The van der Waals surface area contributed by atoms with E-state index >= 15 is 0 Å². The molecule has 0 radical (unpaired) electrons. The van der Waals surface area contributed by atoms with E-state index in [1.807, 2.05) is 0 Å². The fraction of sp³-hybridized carbons (Fsp3) is 0.500. The van der Waals surface area contributed by atoms with Crippen LogP contribution in [0.5, 0.6) is 5.75 Å². The third-order valence-electron chi connectivity index (χ3n) is 3.64. The summed E-state index contributed by atoms with van der Waals surface area (Å²) in [5.41, 5.74) is 0.496. The van der Waals surface area contributed by atoms with E-state index in [2.05, 4.69) is 12.2 Å². The van der Waals surface area contributed by atoms with Gasteiger partial charge in [-0.3, -0.25) is 4.79 Å². The maximum Gasteiger partial charge on any atom is 0.251 e. The Morgan fingerprint density at radius 1 is 1.39 bits per heavy atom. The highest BCUT2D eigenvalue weighted by Gasteiger charge is 2.23. The van der Waals surface area contributed by atoms with Gasteiger partial charge in [0, 0.05) is 11.6 Å². The number of phenolic OH excluding ortho intramolecular Hbond substituents is 1. The molecule has 0 aromatic heterocycles. The molecule has 2 rings (SSSR count). The number of amides is 1. The monoisotopic (exact) mass is 267 g/mol. The normalized spacial score (nSPS) is 23.7. The van der Waals surface area contributed by atoms with E-state index in [0.717, 1.165) is 6.42 Å². The summed E-state index contributed by atoms with van der Waals surface area (Å²) in [6.45, 7) is 2.17. The molecule has 98 valence electrons. The first-order valence-electron chi connectivity index (χ1n) is 6.37. The molecule has 2 N–H and O–H groups in total. The Balaban J connectivity index is 2.04. The van der Waals surface area contributed by atoms with Crippen molar-refractivity contribution in [3.63, 3.8) is 0 Å². The van der Waals surface area contributed by atoms with Crippen LogP contribution in [-0.2, 0) is 0 Å². The van der Waals surface area contributed by atoms with Crippen LogP contribution < -0.4 is 5.32 Å². The van der Waals surface area contributed by atoms with Crippen molar-refractivity contribution >= 4 is 17.5 Å². The van der Waals surface area contributed by atoms with Crippen LogP contribution in [0.1, 0.15) is 43.0 Å². The van der Waals surface area contributed by atoms with Crippen molar-refractivity contribution in [1.82, 2.24) is 5.32 Å². The molecule has 2 atom stereocenters. The maximum absolute atomic E-state index is 12.1. The second-order valence-corrected chi connectivity index (χ2v) is 5.42. The van der Waals surface area contributed by atoms with Crippen molar-refractivity contribution in [1.29, 1.82) is 0 Å². The van der Waals surface area contributed by atoms with Gasteiger partial charge in [-0.2, -0.15) is 0 Å². The van der Waals surface area contributed by atoms with Gasteiger partial charge in [-0.15, -0.1) is 0 Å². The van der Waals surface area contributed by atoms with Crippen molar-refractivity contribution in [2.75, 3.05) is 0 Å². The summed E-state index contributed by atoms with van der Waals surface area (Å²) in [5.74, 6) is 0.408. The topological polar surface area (TPSA) is 49.3 Å². The minimum Gasteiger partial charge on any atom is -0.506 e. The molecule has 0 heterocycles.